The van der Waals surface area contributed by atoms with Gasteiger partial charge in [-0.3, -0.25) is 4.40 Å². The summed E-state index contributed by atoms with van der Waals surface area (Å²) in [5.74, 6) is 0. The monoisotopic (exact) mass is 234 g/mol. The standard InChI is InChI=1S/C16H14N2/c1-2-17-14-9-5-6-10-15(14)18-13-8-4-3-7-12(13)11-16(17)18/h3-11H,2H2,1H3. The summed E-state index contributed by atoms with van der Waals surface area (Å²) in [6, 6.07) is 19.5. The minimum atomic E-state index is 0.993. The molecule has 0 bridgehead atoms. The number of fused-ring (bicyclic) bond motifs is 5. The summed E-state index contributed by atoms with van der Waals surface area (Å²) in [7, 11) is 0. The second kappa shape index (κ2) is 3.39. The third-order valence-corrected chi connectivity index (χ3v) is 3.70. The zero-order chi connectivity index (χ0) is 12.1. The zero-order valence-corrected chi connectivity index (χ0v) is 10.3. The maximum absolute atomic E-state index is 2.37. The first-order valence-electron chi connectivity index (χ1n) is 6.37. The fourth-order valence-corrected chi connectivity index (χ4v) is 2.93. The van der Waals surface area contributed by atoms with E-state index >= 15 is 0 Å². The number of aryl methyl sites for hydroxylation is 1. The number of hydrogen-bond donors (Lipinski definition) is 0. The van der Waals surface area contributed by atoms with Crippen molar-refractivity contribution in [3.63, 3.8) is 0 Å². The molecule has 2 heterocycles. The molecule has 0 atom stereocenters. The minimum absolute atomic E-state index is 0.993. The molecule has 0 aliphatic heterocycles. The van der Waals surface area contributed by atoms with Gasteiger partial charge in [-0.05, 0) is 31.2 Å². The first kappa shape index (κ1) is 9.77. The third-order valence-electron chi connectivity index (χ3n) is 3.70. The number of benzene rings is 2. The van der Waals surface area contributed by atoms with Crippen LogP contribution in [-0.4, -0.2) is 8.97 Å². The average molecular weight is 234 g/mol. The first-order chi connectivity index (χ1) is 8.90. The average Bonchev–Trinajstić information content (AvgIpc) is 2.92. The highest BCUT2D eigenvalue weighted by Crippen LogP contribution is 2.28. The molecule has 2 aromatic heterocycles. The van der Waals surface area contributed by atoms with E-state index in [0.29, 0.717) is 0 Å². The number of hydrogen-bond acceptors (Lipinski definition) is 0. The molecule has 4 aromatic rings. The summed E-state index contributed by atoms with van der Waals surface area (Å²) in [6.45, 7) is 3.19. The van der Waals surface area contributed by atoms with E-state index in [4.69, 9.17) is 0 Å². The summed E-state index contributed by atoms with van der Waals surface area (Å²) in [4.78, 5) is 0. The fraction of sp³-hybridized carbons (Fsp3) is 0.125. The van der Waals surface area contributed by atoms with Crippen molar-refractivity contribution in [3.05, 3.63) is 54.6 Å². The number of aromatic nitrogens is 2. The summed E-state index contributed by atoms with van der Waals surface area (Å²) in [5.41, 5.74) is 5.16. The molecule has 88 valence electrons. The van der Waals surface area contributed by atoms with Crippen molar-refractivity contribution in [3.8, 4) is 0 Å². The molecule has 0 saturated heterocycles. The summed E-state index contributed by atoms with van der Waals surface area (Å²) < 4.78 is 4.73. The lowest BCUT2D eigenvalue weighted by Crippen LogP contribution is -1.92. The van der Waals surface area contributed by atoms with Gasteiger partial charge in [-0.15, -0.1) is 0 Å². The lowest BCUT2D eigenvalue weighted by atomic mass is 10.2. The molecule has 2 nitrogen and oxygen atoms in total. The number of imidazole rings is 1. The molecule has 0 aliphatic rings. The SMILES string of the molecule is CCn1c2ccccc2n2c3ccccc3cc12. The van der Waals surface area contributed by atoms with Crippen LogP contribution < -0.4 is 0 Å². The lowest BCUT2D eigenvalue weighted by Gasteiger charge is -1.99. The molecule has 0 spiro atoms. The first-order valence-corrected chi connectivity index (χ1v) is 6.37. The predicted octanol–water partition coefficient (Wildman–Crippen LogP) is 4.07. The van der Waals surface area contributed by atoms with Crippen LogP contribution in [0.5, 0.6) is 0 Å². The Morgan fingerprint density at radius 3 is 2.28 bits per heavy atom. The largest absolute Gasteiger partial charge is 0.326 e. The molecule has 2 heteroatoms. The van der Waals surface area contributed by atoms with E-state index in [0.717, 1.165) is 6.54 Å². The van der Waals surface area contributed by atoms with Gasteiger partial charge in [0.15, 0.2) is 0 Å². The highest BCUT2D eigenvalue weighted by molar-refractivity contribution is 5.94. The summed E-state index contributed by atoms with van der Waals surface area (Å²) >= 11 is 0. The van der Waals surface area contributed by atoms with Gasteiger partial charge in [-0.2, -0.15) is 0 Å². The second-order valence-electron chi connectivity index (χ2n) is 4.63. The van der Waals surface area contributed by atoms with Gasteiger partial charge in [0.25, 0.3) is 0 Å². The van der Waals surface area contributed by atoms with Gasteiger partial charge < -0.3 is 4.57 Å². The lowest BCUT2D eigenvalue weighted by molar-refractivity contribution is 0.819. The van der Waals surface area contributed by atoms with E-state index in [9.17, 15) is 0 Å². The molecule has 18 heavy (non-hydrogen) atoms. The Kier molecular flexibility index (Phi) is 1.84. The molecule has 0 aliphatic carbocycles. The minimum Gasteiger partial charge on any atom is -0.326 e. The number of para-hydroxylation sites is 3. The van der Waals surface area contributed by atoms with Gasteiger partial charge in [0.1, 0.15) is 5.65 Å². The molecule has 0 unspecified atom stereocenters. The normalized spacial score (nSPS) is 11.8. The van der Waals surface area contributed by atoms with E-state index in [2.05, 4.69) is 70.5 Å². The highest BCUT2D eigenvalue weighted by Gasteiger charge is 2.11. The smallest absolute Gasteiger partial charge is 0.118 e. The van der Waals surface area contributed by atoms with Crippen LogP contribution in [0.2, 0.25) is 0 Å². The molecule has 0 N–H and O–H groups in total. The Bertz CT molecular complexity index is 865. The molecule has 0 saturated carbocycles. The second-order valence-corrected chi connectivity index (χ2v) is 4.63. The van der Waals surface area contributed by atoms with Crippen LogP contribution in [0.4, 0.5) is 0 Å². The van der Waals surface area contributed by atoms with Crippen LogP contribution in [0.1, 0.15) is 6.92 Å². The Hall–Kier alpha value is -2.22. The number of nitrogens with zero attached hydrogens (tertiary/aromatic N) is 2. The maximum atomic E-state index is 2.37. The van der Waals surface area contributed by atoms with Gasteiger partial charge >= 0.3 is 0 Å². The van der Waals surface area contributed by atoms with Crippen LogP contribution in [0.3, 0.4) is 0 Å². The Labute approximate surface area is 105 Å². The van der Waals surface area contributed by atoms with Gasteiger partial charge in [0.05, 0.1) is 16.6 Å². The van der Waals surface area contributed by atoms with Crippen molar-refractivity contribution in [1.82, 2.24) is 8.97 Å². The van der Waals surface area contributed by atoms with Gasteiger partial charge in [0, 0.05) is 11.9 Å². The van der Waals surface area contributed by atoms with Crippen LogP contribution in [-0.2, 0) is 6.54 Å². The van der Waals surface area contributed by atoms with E-state index in [1.165, 1.54) is 27.6 Å². The van der Waals surface area contributed by atoms with E-state index in [-0.39, 0.29) is 0 Å². The van der Waals surface area contributed by atoms with Crippen LogP contribution in [0, 0.1) is 0 Å². The highest BCUT2D eigenvalue weighted by atomic mass is 15.1. The fourth-order valence-electron chi connectivity index (χ4n) is 2.93. The van der Waals surface area contributed by atoms with Crippen molar-refractivity contribution in [2.75, 3.05) is 0 Å². The van der Waals surface area contributed by atoms with Crippen LogP contribution >= 0.6 is 0 Å². The summed E-state index contributed by atoms with van der Waals surface area (Å²) in [5, 5.41) is 1.31. The zero-order valence-electron chi connectivity index (χ0n) is 10.3. The Morgan fingerprint density at radius 2 is 1.50 bits per heavy atom. The molecule has 0 radical (unpaired) electrons. The third kappa shape index (κ3) is 1.07. The molecule has 2 aromatic carbocycles. The van der Waals surface area contributed by atoms with E-state index in [1.54, 1.807) is 0 Å². The van der Waals surface area contributed by atoms with Crippen molar-refractivity contribution >= 4 is 27.6 Å². The maximum Gasteiger partial charge on any atom is 0.118 e. The van der Waals surface area contributed by atoms with Crippen molar-refractivity contribution in [1.29, 1.82) is 0 Å². The van der Waals surface area contributed by atoms with Crippen molar-refractivity contribution < 1.29 is 0 Å². The molecular weight excluding hydrogens is 220 g/mol. The quantitative estimate of drug-likeness (QED) is 0.469. The van der Waals surface area contributed by atoms with Gasteiger partial charge in [-0.25, -0.2) is 0 Å². The van der Waals surface area contributed by atoms with E-state index in [1.807, 2.05) is 0 Å². The predicted molar refractivity (Wildman–Crippen MR) is 76.1 cm³/mol. The molecule has 4 rings (SSSR count). The Morgan fingerprint density at radius 1 is 0.833 bits per heavy atom. The van der Waals surface area contributed by atoms with Crippen molar-refractivity contribution in [2.24, 2.45) is 0 Å². The van der Waals surface area contributed by atoms with Gasteiger partial charge in [0.2, 0.25) is 0 Å². The molecule has 0 fully saturated rings. The van der Waals surface area contributed by atoms with Crippen LogP contribution in [0.15, 0.2) is 54.6 Å². The molecule has 0 amide bonds. The number of rotatable bonds is 1. The van der Waals surface area contributed by atoms with Crippen LogP contribution in [0.25, 0.3) is 27.6 Å². The summed E-state index contributed by atoms with van der Waals surface area (Å²) in [6.07, 6.45) is 0. The Balaban J connectivity index is 2.36. The van der Waals surface area contributed by atoms with E-state index < -0.39 is 0 Å². The molecular formula is C16H14N2. The van der Waals surface area contributed by atoms with Gasteiger partial charge in [-0.1, -0.05) is 30.3 Å². The van der Waals surface area contributed by atoms with Crippen molar-refractivity contribution in [2.45, 2.75) is 13.5 Å². The topological polar surface area (TPSA) is 9.34 Å².